The molecule has 11 rings (SSSR count). The van der Waals surface area contributed by atoms with Crippen molar-refractivity contribution in [1.29, 1.82) is 0 Å². The number of hydrogen-bond donors (Lipinski definition) is 1. The number of halogens is 1. The number of aromatic nitrogens is 2. The zero-order valence-corrected chi connectivity index (χ0v) is 35.4. The molecule has 0 radical (unpaired) electrons. The monoisotopic (exact) mass is 828 g/mol. The molecular formula is C48H53ClN6O5. The van der Waals surface area contributed by atoms with Crippen molar-refractivity contribution in [1.82, 2.24) is 29.6 Å². The molecule has 7 aliphatic rings. The maximum absolute atomic E-state index is 13.4. The van der Waals surface area contributed by atoms with Crippen LogP contribution >= 0.6 is 11.6 Å². The summed E-state index contributed by atoms with van der Waals surface area (Å²) in [5.74, 6) is 2.07. The van der Waals surface area contributed by atoms with Crippen LogP contribution in [-0.4, -0.2) is 93.4 Å². The smallest absolute Gasteiger partial charge is 0.282 e. The fourth-order valence-electron chi connectivity index (χ4n) is 12.2. The highest BCUT2D eigenvalue weighted by Crippen LogP contribution is 2.50. The van der Waals surface area contributed by atoms with Crippen molar-refractivity contribution in [2.75, 3.05) is 39.3 Å². The Morgan fingerprint density at radius 3 is 2.42 bits per heavy atom. The standard InChI is InChI=1S/C48H53ClN6O5/c1-47(2)34-12-8-30(24-39(34)55-37-5-3-4-36(49)41(37)44(58)51-46(47)55)29-16-20-53(21-17-29)31-9-6-28(7-10-31)25-52-22-18-48(19-23-52)27-60-42-33-26-54(38-14-15-40(56)50-43(38)57)45(59)32(33)11-13-35(42)48/h3-5,8,11-13,24,28-29,31,38H,6-7,9-10,14-23,25-27H2,1-2H3,(H,50,56,57)/t28?,31?,38-/m1/s1. The van der Waals surface area contributed by atoms with Crippen LogP contribution in [0.4, 0.5) is 0 Å². The second-order valence-corrected chi connectivity index (χ2v) is 19.7. The van der Waals surface area contributed by atoms with Gasteiger partial charge in [-0.3, -0.25) is 29.1 Å². The maximum atomic E-state index is 13.4. The van der Waals surface area contributed by atoms with Gasteiger partial charge in [-0.2, -0.15) is 4.98 Å². The largest absolute Gasteiger partial charge is 0.492 e. The summed E-state index contributed by atoms with van der Waals surface area (Å²) in [6.45, 7) is 10.9. The number of amides is 3. The number of piperidine rings is 3. The Labute approximate surface area is 355 Å². The van der Waals surface area contributed by atoms with Crippen LogP contribution in [0.1, 0.15) is 122 Å². The fourth-order valence-corrected chi connectivity index (χ4v) is 12.5. The molecule has 1 N–H and O–H groups in total. The number of carbonyl (C=O) groups is 3. The number of hydrogen-bond acceptors (Lipinski definition) is 8. The third-order valence-electron chi connectivity index (χ3n) is 15.8. The van der Waals surface area contributed by atoms with Gasteiger partial charge in [0.2, 0.25) is 11.8 Å². The number of fused-ring (bicyclic) bond motifs is 9. The van der Waals surface area contributed by atoms with Crippen LogP contribution in [0.25, 0.3) is 16.6 Å². The van der Waals surface area contributed by atoms with Gasteiger partial charge in [-0.05, 0) is 145 Å². The van der Waals surface area contributed by atoms with E-state index in [2.05, 4.69) is 62.8 Å². The highest BCUT2D eigenvalue weighted by molar-refractivity contribution is 6.35. The number of carbonyl (C=O) groups excluding carboxylic acids is 3. The first-order valence-electron chi connectivity index (χ1n) is 22.3. The van der Waals surface area contributed by atoms with E-state index in [0.29, 0.717) is 47.5 Å². The van der Waals surface area contributed by atoms with Crippen LogP contribution < -0.4 is 15.6 Å². The molecule has 4 aromatic rings. The van der Waals surface area contributed by atoms with E-state index >= 15 is 0 Å². The minimum absolute atomic E-state index is 0.0307. The van der Waals surface area contributed by atoms with E-state index in [1.165, 1.54) is 48.9 Å². The summed E-state index contributed by atoms with van der Waals surface area (Å²) in [7, 11) is 0. The van der Waals surface area contributed by atoms with Crippen molar-refractivity contribution >= 4 is 40.2 Å². The summed E-state index contributed by atoms with van der Waals surface area (Å²) in [6.07, 6.45) is 10.1. The average molecular weight is 829 g/mol. The molecule has 6 aliphatic heterocycles. The molecule has 1 aromatic heterocycles. The number of benzene rings is 3. The number of imide groups is 1. The van der Waals surface area contributed by atoms with Crippen LogP contribution in [-0.2, 0) is 27.0 Å². The van der Waals surface area contributed by atoms with Crippen LogP contribution in [0.15, 0.2) is 53.3 Å². The molecule has 7 heterocycles. The Hall–Kier alpha value is -4.58. The predicted molar refractivity (Wildman–Crippen MR) is 229 cm³/mol. The van der Waals surface area contributed by atoms with Gasteiger partial charge >= 0.3 is 0 Å². The molecule has 3 aromatic carbocycles. The Morgan fingerprint density at radius 2 is 1.65 bits per heavy atom. The molecule has 1 spiro atoms. The van der Waals surface area contributed by atoms with E-state index in [1.807, 2.05) is 18.2 Å². The van der Waals surface area contributed by atoms with Gasteiger partial charge in [-0.25, -0.2) is 0 Å². The Morgan fingerprint density at radius 1 is 0.883 bits per heavy atom. The lowest BCUT2D eigenvalue weighted by Gasteiger charge is -2.43. The SMILES string of the molecule is CC1(C)c2ccc(C3CCN(C4CCC(CN5CCC6(CC5)COc5c6ccc6c5CN([C@@H]5CCC(=O)NC5=O)C6=O)CC4)CC3)cc2-n2c1nc(=O)c1c(Cl)cccc12. The Bertz CT molecular complexity index is 2530. The van der Waals surface area contributed by atoms with Crippen molar-refractivity contribution < 1.29 is 19.1 Å². The zero-order chi connectivity index (χ0) is 41.1. The van der Waals surface area contributed by atoms with Gasteiger partial charge in [-0.15, -0.1) is 0 Å². The molecule has 1 saturated carbocycles. The topological polar surface area (TPSA) is 117 Å². The number of rotatable bonds is 5. The van der Waals surface area contributed by atoms with Gasteiger partial charge in [0.15, 0.2) is 0 Å². The maximum Gasteiger partial charge on any atom is 0.282 e. The molecule has 60 heavy (non-hydrogen) atoms. The highest BCUT2D eigenvalue weighted by Gasteiger charge is 2.48. The molecule has 3 saturated heterocycles. The molecule has 3 amide bonds. The molecule has 312 valence electrons. The molecular weight excluding hydrogens is 776 g/mol. The van der Waals surface area contributed by atoms with Crippen molar-refractivity contribution in [2.45, 2.75) is 113 Å². The first kappa shape index (κ1) is 38.3. The molecule has 12 heteroatoms. The summed E-state index contributed by atoms with van der Waals surface area (Å²) in [5, 5.41) is 3.34. The first-order chi connectivity index (χ1) is 29.0. The lowest BCUT2D eigenvalue weighted by Crippen LogP contribution is -2.52. The van der Waals surface area contributed by atoms with Crippen LogP contribution in [0.5, 0.6) is 5.75 Å². The average Bonchev–Trinajstić information content (AvgIpc) is 3.85. The first-order valence-corrected chi connectivity index (χ1v) is 22.6. The molecule has 1 aliphatic carbocycles. The normalized spacial score (nSPS) is 26.2. The molecule has 0 unspecified atom stereocenters. The predicted octanol–water partition coefficient (Wildman–Crippen LogP) is 6.60. The van der Waals surface area contributed by atoms with E-state index in [0.717, 1.165) is 86.1 Å². The number of nitrogens with zero attached hydrogens (tertiary/aromatic N) is 5. The number of likely N-dealkylation sites (tertiary alicyclic amines) is 2. The van der Waals surface area contributed by atoms with Gasteiger partial charge in [-0.1, -0.05) is 35.9 Å². The zero-order valence-electron chi connectivity index (χ0n) is 34.6. The minimum Gasteiger partial charge on any atom is -0.492 e. The highest BCUT2D eigenvalue weighted by atomic mass is 35.5. The van der Waals surface area contributed by atoms with Crippen molar-refractivity contribution in [2.24, 2.45) is 5.92 Å². The quantitative estimate of drug-likeness (QED) is 0.224. The van der Waals surface area contributed by atoms with Gasteiger partial charge < -0.3 is 19.4 Å². The van der Waals surface area contributed by atoms with E-state index in [9.17, 15) is 19.2 Å². The summed E-state index contributed by atoms with van der Waals surface area (Å²) in [4.78, 5) is 62.5. The van der Waals surface area contributed by atoms with Crippen LogP contribution in [0.3, 0.4) is 0 Å². The second kappa shape index (κ2) is 14.2. The van der Waals surface area contributed by atoms with E-state index < -0.39 is 6.04 Å². The van der Waals surface area contributed by atoms with E-state index in [1.54, 1.807) is 11.0 Å². The van der Waals surface area contributed by atoms with E-state index in [4.69, 9.17) is 16.3 Å². The molecule has 0 bridgehead atoms. The Kier molecular flexibility index (Phi) is 9.10. The minimum atomic E-state index is -0.620. The summed E-state index contributed by atoms with van der Waals surface area (Å²) >= 11 is 6.54. The van der Waals surface area contributed by atoms with Gasteiger partial charge in [0.1, 0.15) is 17.6 Å². The van der Waals surface area contributed by atoms with Gasteiger partial charge in [0.05, 0.1) is 40.2 Å². The fraction of sp³-hybridized carbons (Fsp3) is 0.521. The van der Waals surface area contributed by atoms with Crippen molar-refractivity contribution in [3.05, 3.63) is 97.5 Å². The summed E-state index contributed by atoms with van der Waals surface area (Å²) in [5.41, 5.74) is 6.61. The third-order valence-corrected chi connectivity index (χ3v) is 16.1. The van der Waals surface area contributed by atoms with Crippen molar-refractivity contribution in [3.8, 4) is 11.4 Å². The van der Waals surface area contributed by atoms with E-state index in [-0.39, 0.29) is 40.5 Å². The van der Waals surface area contributed by atoms with Gasteiger partial charge in [0.25, 0.3) is 11.5 Å². The molecule has 11 nitrogen and oxygen atoms in total. The van der Waals surface area contributed by atoms with Crippen LogP contribution in [0, 0.1) is 5.92 Å². The lowest BCUT2D eigenvalue weighted by atomic mass is 9.73. The van der Waals surface area contributed by atoms with Crippen molar-refractivity contribution in [3.63, 3.8) is 0 Å². The number of nitrogens with one attached hydrogen (secondary N) is 1. The molecule has 1 atom stereocenters. The third kappa shape index (κ3) is 6.00. The summed E-state index contributed by atoms with van der Waals surface area (Å²) < 4.78 is 8.61. The molecule has 4 fully saturated rings. The Balaban J connectivity index is 0.684. The summed E-state index contributed by atoms with van der Waals surface area (Å²) in [6, 6.07) is 16.7. The lowest BCUT2D eigenvalue weighted by molar-refractivity contribution is -0.136. The van der Waals surface area contributed by atoms with Crippen LogP contribution in [0.2, 0.25) is 5.02 Å². The number of ether oxygens (including phenoxy) is 1. The van der Waals surface area contributed by atoms with Gasteiger partial charge in [0, 0.05) is 41.1 Å². The second-order valence-electron chi connectivity index (χ2n) is 19.3.